The van der Waals surface area contributed by atoms with Gasteiger partial charge in [0.1, 0.15) is 17.4 Å². The van der Waals surface area contributed by atoms with E-state index in [0.29, 0.717) is 5.56 Å². The van der Waals surface area contributed by atoms with Crippen molar-refractivity contribution in [1.29, 1.82) is 5.26 Å². The van der Waals surface area contributed by atoms with Crippen molar-refractivity contribution in [2.45, 2.75) is 44.1 Å². The number of hydrogen-bond donors (Lipinski definition) is 1. The highest BCUT2D eigenvalue weighted by molar-refractivity contribution is 6.07. The summed E-state index contributed by atoms with van der Waals surface area (Å²) in [7, 11) is 0. The standard InChI is InChI=1S/C24H20F6N2O2/c1-15-3-5-16(6-4-15)19-13-22(24(28,29)30,32-21(33)20(19)14-31)17-7-9-18(10-8-17)34-12-2-11-23(25,26)27/h3-10H,2,11-13H2,1H3,(H,32,33)/t22-/m0/s1. The Balaban J connectivity index is 1.93. The van der Waals surface area contributed by atoms with E-state index >= 15 is 0 Å². The first kappa shape index (κ1) is 25.1. The number of carbonyl (C=O) groups excluding carboxylic acids is 1. The Bertz CT molecular complexity index is 1110. The van der Waals surface area contributed by atoms with Crippen molar-refractivity contribution in [2.75, 3.05) is 6.61 Å². The van der Waals surface area contributed by atoms with Crippen molar-refractivity contribution in [3.05, 3.63) is 70.8 Å². The molecular formula is C24H20F6N2O2. The van der Waals surface area contributed by atoms with Crippen molar-refractivity contribution in [3.63, 3.8) is 0 Å². The largest absolute Gasteiger partial charge is 0.494 e. The third kappa shape index (κ3) is 5.35. The van der Waals surface area contributed by atoms with Crippen LogP contribution >= 0.6 is 0 Å². The minimum atomic E-state index is -4.92. The molecule has 0 aliphatic carbocycles. The number of nitrogens with one attached hydrogen (secondary N) is 1. The summed E-state index contributed by atoms with van der Waals surface area (Å²) in [6, 6.07) is 12.8. The van der Waals surface area contributed by atoms with Crippen LogP contribution in [0.2, 0.25) is 0 Å². The van der Waals surface area contributed by atoms with Gasteiger partial charge in [-0.25, -0.2) is 0 Å². The quantitative estimate of drug-likeness (QED) is 0.408. The summed E-state index contributed by atoms with van der Waals surface area (Å²) in [6.07, 6.45) is -11.3. The zero-order valence-electron chi connectivity index (χ0n) is 18.0. The Hall–Kier alpha value is -3.48. The summed E-state index contributed by atoms with van der Waals surface area (Å²) in [5.41, 5.74) is -2.34. The number of nitrogens with zero attached hydrogens (tertiary/aromatic N) is 1. The lowest BCUT2D eigenvalue weighted by Crippen LogP contribution is -2.58. The molecule has 0 fully saturated rings. The molecule has 4 nitrogen and oxygen atoms in total. The van der Waals surface area contributed by atoms with Crippen molar-refractivity contribution >= 4 is 11.5 Å². The van der Waals surface area contributed by atoms with E-state index in [9.17, 15) is 36.4 Å². The number of alkyl halides is 6. The fourth-order valence-corrected chi connectivity index (χ4v) is 3.72. The van der Waals surface area contributed by atoms with E-state index in [1.54, 1.807) is 37.3 Å². The maximum atomic E-state index is 14.4. The Kier molecular flexibility index (Phi) is 6.96. The second kappa shape index (κ2) is 9.41. The highest BCUT2D eigenvalue weighted by Crippen LogP contribution is 2.48. The number of hydrogen-bond acceptors (Lipinski definition) is 3. The van der Waals surface area contributed by atoms with Gasteiger partial charge in [0.2, 0.25) is 0 Å². The Labute approximate surface area is 191 Å². The van der Waals surface area contributed by atoms with Gasteiger partial charge in [-0.1, -0.05) is 42.0 Å². The zero-order valence-corrected chi connectivity index (χ0v) is 18.0. The van der Waals surface area contributed by atoms with Gasteiger partial charge < -0.3 is 10.1 Å². The van der Waals surface area contributed by atoms with Crippen molar-refractivity contribution < 1.29 is 35.9 Å². The van der Waals surface area contributed by atoms with E-state index in [2.05, 4.69) is 0 Å². The molecule has 0 aromatic heterocycles. The van der Waals surface area contributed by atoms with Crippen LogP contribution < -0.4 is 10.1 Å². The van der Waals surface area contributed by atoms with Crippen molar-refractivity contribution in [1.82, 2.24) is 5.32 Å². The molecule has 0 radical (unpaired) electrons. The fraction of sp³-hybridized carbons (Fsp3) is 0.333. The fourth-order valence-electron chi connectivity index (χ4n) is 3.72. The molecule has 1 aliphatic heterocycles. The summed E-state index contributed by atoms with van der Waals surface area (Å²) in [4.78, 5) is 12.6. The Morgan fingerprint density at radius 2 is 1.65 bits per heavy atom. The summed E-state index contributed by atoms with van der Waals surface area (Å²) >= 11 is 0. The first-order chi connectivity index (χ1) is 15.9. The molecule has 1 aliphatic rings. The van der Waals surface area contributed by atoms with Gasteiger partial charge in [0, 0.05) is 12.8 Å². The minimum absolute atomic E-state index is 0.0314. The predicted molar refractivity (Wildman–Crippen MR) is 111 cm³/mol. The van der Waals surface area contributed by atoms with E-state index < -0.39 is 42.2 Å². The van der Waals surface area contributed by atoms with E-state index in [0.717, 1.165) is 17.7 Å². The van der Waals surface area contributed by atoms with E-state index in [1.165, 1.54) is 12.1 Å². The molecular weight excluding hydrogens is 462 g/mol. The molecule has 34 heavy (non-hydrogen) atoms. The maximum Gasteiger partial charge on any atom is 0.416 e. The summed E-state index contributed by atoms with van der Waals surface area (Å²) < 4.78 is 85.2. The van der Waals surface area contributed by atoms with Crippen molar-refractivity contribution in [2.24, 2.45) is 0 Å². The van der Waals surface area contributed by atoms with Gasteiger partial charge in [0.25, 0.3) is 5.91 Å². The Morgan fingerprint density at radius 3 is 2.18 bits per heavy atom. The molecule has 1 N–H and O–H groups in total. The molecule has 1 atom stereocenters. The number of benzene rings is 2. The number of carbonyl (C=O) groups is 1. The molecule has 2 aromatic carbocycles. The van der Waals surface area contributed by atoms with Gasteiger partial charge in [-0.05, 0) is 42.2 Å². The molecule has 1 heterocycles. The van der Waals surface area contributed by atoms with E-state index in [4.69, 9.17) is 4.74 Å². The monoisotopic (exact) mass is 482 g/mol. The molecule has 2 aromatic rings. The minimum Gasteiger partial charge on any atom is -0.494 e. The summed E-state index contributed by atoms with van der Waals surface area (Å²) in [5.74, 6) is -1.05. The van der Waals surface area contributed by atoms with Crippen molar-refractivity contribution in [3.8, 4) is 11.8 Å². The van der Waals surface area contributed by atoms with Crippen LogP contribution in [0, 0.1) is 18.3 Å². The number of nitriles is 1. The lowest BCUT2D eigenvalue weighted by Gasteiger charge is -2.40. The highest BCUT2D eigenvalue weighted by atomic mass is 19.4. The van der Waals surface area contributed by atoms with Gasteiger partial charge in [0.15, 0.2) is 5.54 Å². The van der Waals surface area contributed by atoms with Crippen LogP contribution in [0.4, 0.5) is 26.3 Å². The molecule has 0 spiro atoms. The molecule has 180 valence electrons. The van der Waals surface area contributed by atoms with Crippen LogP contribution in [0.1, 0.15) is 36.0 Å². The number of halogens is 6. The van der Waals surface area contributed by atoms with Crippen LogP contribution in [-0.2, 0) is 10.3 Å². The summed E-state index contributed by atoms with van der Waals surface area (Å²) in [5, 5.41) is 11.4. The van der Waals surface area contributed by atoms with Gasteiger partial charge in [-0.2, -0.15) is 31.6 Å². The third-order valence-electron chi connectivity index (χ3n) is 5.51. The second-order valence-electron chi connectivity index (χ2n) is 7.96. The Morgan fingerprint density at radius 1 is 1.03 bits per heavy atom. The highest BCUT2D eigenvalue weighted by Gasteiger charge is 2.59. The lowest BCUT2D eigenvalue weighted by atomic mass is 9.76. The van der Waals surface area contributed by atoms with Gasteiger partial charge in [-0.3, -0.25) is 4.79 Å². The maximum absolute atomic E-state index is 14.4. The normalized spacial score (nSPS) is 18.9. The molecule has 1 amide bonds. The predicted octanol–water partition coefficient (Wildman–Crippen LogP) is 5.97. The third-order valence-corrected chi connectivity index (χ3v) is 5.51. The average molecular weight is 482 g/mol. The second-order valence-corrected chi connectivity index (χ2v) is 7.96. The molecule has 0 saturated heterocycles. The molecule has 3 rings (SSSR count). The van der Waals surface area contributed by atoms with Crippen LogP contribution in [-0.4, -0.2) is 24.9 Å². The van der Waals surface area contributed by atoms with Crippen LogP contribution in [0.25, 0.3) is 5.57 Å². The van der Waals surface area contributed by atoms with Crippen LogP contribution in [0.15, 0.2) is 54.1 Å². The number of rotatable bonds is 6. The zero-order chi connectivity index (χ0) is 25.1. The molecule has 10 heteroatoms. The first-order valence-electron chi connectivity index (χ1n) is 10.3. The van der Waals surface area contributed by atoms with Gasteiger partial charge in [0.05, 0.1) is 6.61 Å². The number of aryl methyl sites for hydroxylation is 1. The first-order valence-corrected chi connectivity index (χ1v) is 10.3. The molecule has 0 saturated carbocycles. The number of ether oxygens (including phenoxy) is 1. The summed E-state index contributed by atoms with van der Waals surface area (Å²) in [6.45, 7) is 1.54. The topological polar surface area (TPSA) is 62.1 Å². The van der Waals surface area contributed by atoms with E-state index in [-0.39, 0.29) is 29.9 Å². The SMILES string of the molecule is Cc1ccc(C2=C(C#N)C(=O)N[C@@](c3ccc(OCCCC(F)(F)F)cc3)(C(F)(F)F)C2)cc1. The molecule has 0 unspecified atom stereocenters. The van der Waals surface area contributed by atoms with Gasteiger partial charge in [-0.15, -0.1) is 0 Å². The lowest BCUT2D eigenvalue weighted by molar-refractivity contribution is -0.201. The van der Waals surface area contributed by atoms with E-state index in [1.807, 2.05) is 5.32 Å². The molecule has 0 bridgehead atoms. The number of amides is 1. The van der Waals surface area contributed by atoms with Gasteiger partial charge >= 0.3 is 12.4 Å². The smallest absolute Gasteiger partial charge is 0.416 e. The van der Waals surface area contributed by atoms with Crippen LogP contribution in [0.5, 0.6) is 5.75 Å². The average Bonchev–Trinajstić information content (AvgIpc) is 2.75. The van der Waals surface area contributed by atoms with Crippen LogP contribution in [0.3, 0.4) is 0 Å².